The van der Waals surface area contributed by atoms with Gasteiger partial charge in [-0.3, -0.25) is 9.69 Å². The number of fused-ring (bicyclic) bond motifs is 1. The molecule has 33 heavy (non-hydrogen) atoms. The molecule has 3 heterocycles. The van der Waals surface area contributed by atoms with Crippen molar-refractivity contribution in [1.82, 2.24) is 19.8 Å². The summed E-state index contributed by atoms with van der Waals surface area (Å²) in [5.74, 6) is -0.355. The van der Waals surface area contributed by atoms with Gasteiger partial charge < -0.3 is 15.2 Å². The highest BCUT2D eigenvalue weighted by Gasteiger charge is 2.15. The van der Waals surface area contributed by atoms with Gasteiger partial charge in [-0.25, -0.2) is 9.37 Å². The highest BCUT2D eigenvalue weighted by Crippen LogP contribution is 2.34. The lowest BCUT2D eigenvalue weighted by atomic mass is 10.0. The van der Waals surface area contributed by atoms with Gasteiger partial charge in [-0.15, -0.1) is 0 Å². The zero-order chi connectivity index (χ0) is 22.8. The van der Waals surface area contributed by atoms with E-state index in [1.165, 1.54) is 17.7 Å². The number of likely N-dealkylation sites (N-methyl/N-ethyl adjacent to an activating group) is 1. The molecule has 1 saturated heterocycles. The van der Waals surface area contributed by atoms with Gasteiger partial charge in [0.15, 0.2) is 0 Å². The van der Waals surface area contributed by atoms with E-state index >= 15 is 0 Å². The second kappa shape index (κ2) is 9.13. The highest BCUT2D eigenvalue weighted by atomic mass is 19.1. The lowest BCUT2D eigenvalue weighted by Gasteiger charge is -2.32. The molecule has 0 unspecified atom stereocenters. The van der Waals surface area contributed by atoms with Gasteiger partial charge in [-0.1, -0.05) is 18.2 Å². The van der Waals surface area contributed by atoms with Crippen LogP contribution in [0.3, 0.4) is 0 Å². The molecular formula is C26H26FN5O. The van der Waals surface area contributed by atoms with Crippen LogP contribution in [-0.2, 0) is 11.3 Å². The van der Waals surface area contributed by atoms with Crippen LogP contribution in [0.25, 0.3) is 33.3 Å². The number of nitrogens with zero attached hydrogens (tertiary/aromatic N) is 3. The molecule has 2 aromatic carbocycles. The quantitative estimate of drug-likeness (QED) is 0.435. The number of benzene rings is 2. The second-order valence-corrected chi connectivity index (χ2v) is 8.56. The van der Waals surface area contributed by atoms with Crippen molar-refractivity contribution >= 4 is 23.1 Å². The molecule has 1 amide bonds. The lowest BCUT2D eigenvalue weighted by molar-refractivity contribution is -0.105. The molecule has 0 radical (unpaired) electrons. The van der Waals surface area contributed by atoms with Crippen molar-refractivity contribution in [3.8, 4) is 22.3 Å². The van der Waals surface area contributed by atoms with Crippen LogP contribution in [0, 0.1) is 5.82 Å². The van der Waals surface area contributed by atoms with E-state index in [2.05, 4.69) is 56.4 Å². The first-order valence-electron chi connectivity index (χ1n) is 11.1. The maximum atomic E-state index is 14.7. The number of pyridine rings is 1. The smallest absolute Gasteiger partial charge is 0.211 e. The Balaban J connectivity index is 1.47. The Hall–Kier alpha value is -3.55. The summed E-state index contributed by atoms with van der Waals surface area (Å²) in [5, 5.41) is 3.42. The molecule has 2 N–H and O–H groups in total. The van der Waals surface area contributed by atoms with Crippen molar-refractivity contribution < 1.29 is 9.18 Å². The Morgan fingerprint density at radius 3 is 2.73 bits per heavy atom. The number of hydrogen-bond donors (Lipinski definition) is 2. The predicted molar refractivity (Wildman–Crippen MR) is 129 cm³/mol. The van der Waals surface area contributed by atoms with E-state index in [9.17, 15) is 9.18 Å². The number of hydrogen-bond acceptors (Lipinski definition) is 4. The van der Waals surface area contributed by atoms with Crippen LogP contribution < -0.4 is 5.32 Å². The third-order valence-electron chi connectivity index (χ3n) is 6.28. The average molecular weight is 444 g/mol. The molecule has 0 bridgehead atoms. The number of H-pyrrole nitrogens is 1. The molecule has 6 nitrogen and oxygen atoms in total. The summed E-state index contributed by atoms with van der Waals surface area (Å²) in [6.07, 6.45) is 4.19. The minimum Gasteiger partial charge on any atom is -0.346 e. The van der Waals surface area contributed by atoms with E-state index in [1.54, 1.807) is 12.3 Å². The molecule has 0 spiro atoms. The van der Waals surface area contributed by atoms with Crippen LogP contribution in [0.15, 0.2) is 60.9 Å². The van der Waals surface area contributed by atoms with Crippen LogP contribution in [0.2, 0.25) is 0 Å². The summed E-state index contributed by atoms with van der Waals surface area (Å²) in [7, 11) is 2.16. The molecule has 5 rings (SSSR count). The zero-order valence-electron chi connectivity index (χ0n) is 18.5. The van der Waals surface area contributed by atoms with Gasteiger partial charge in [0, 0.05) is 72.9 Å². The maximum Gasteiger partial charge on any atom is 0.211 e. The Morgan fingerprint density at radius 2 is 1.91 bits per heavy atom. The third kappa shape index (κ3) is 4.51. The Morgan fingerprint density at radius 1 is 1.06 bits per heavy atom. The minimum atomic E-state index is -0.355. The summed E-state index contributed by atoms with van der Waals surface area (Å²) in [5.41, 5.74) is 5.68. The molecule has 4 aromatic rings. The molecule has 0 atom stereocenters. The van der Waals surface area contributed by atoms with E-state index in [-0.39, 0.29) is 5.82 Å². The molecule has 7 heteroatoms. The van der Waals surface area contributed by atoms with Gasteiger partial charge >= 0.3 is 0 Å². The Labute approximate surface area is 192 Å². The van der Waals surface area contributed by atoms with E-state index < -0.39 is 0 Å². The molecule has 0 saturated carbocycles. The zero-order valence-corrected chi connectivity index (χ0v) is 18.5. The van der Waals surface area contributed by atoms with Gasteiger partial charge in [0.05, 0.1) is 0 Å². The molecule has 0 aliphatic carbocycles. The normalized spacial score (nSPS) is 15.1. The number of carbonyl (C=O) groups excluding carboxylic acids is 1. The Kier molecular flexibility index (Phi) is 5.90. The number of rotatable bonds is 6. The summed E-state index contributed by atoms with van der Waals surface area (Å²) < 4.78 is 14.7. The molecule has 1 fully saturated rings. The highest BCUT2D eigenvalue weighted by molar-refractivity contribution is 5.96. The van der Waals surface area contributed by atoms with Crippen LogP contribution in [0.5, 0.6) is 0 Å². The number of amides is 1. The van der Waals surface area contributed by atoms with Gasteiger partial charge in [0.2, 0.25) is 6.41 Å². The van der Waals surface area contributed by atoms with E-state index in [4.69, 9.17) is 0 Å². The van der Waals surface area contributed by atoms with E-state index in [0.29, 0.717) is 28.9 Å². The number of anilines is 1. The lowest BCUT2D eigenvalue weighted by Crippen LogP contribution is -2.43. The number of aromatic nitrogens is 2. The maximum absolute atomic E-state index is 14.7. The monoisotopic (exact) mass is 443 g/mol. The standard InChI is InChI=1S/C26H26FN5O/c1-31-7-9-32(10-8-31)16-18-3-2-4-19(11-18)20-12-23-24(15-29-26(23)28-14-20)22-13-21(30-17-33)5-6-25(22)27/h2-6,11-15,17H,7-10,16H2,1H3,(H,28,29)(H,30,33). The topological polar surface area (TPSA) is 64.3 Å². The molecule has 1 aliphatic heterocycles. The van der Waals surface area contributed by atoms with Crippen molar-refractivity contribution in [3.05, 3.63) is 72.3 Å². The average Bonchev–Trinajstić information content (AvgIpc) is 3.25. The SMILES string of the molecule is CN1CCN(Cc2cccc(-c3cnc4[nH]cc(-c5cc(NC=O)ccc5F)c4c3)c2)CC1. The molecule has 2 aromatic heterocycles. The van der Waals surface area contributed by atoms with Gasteiger partial charge in [-0.2, -0.15) is 0 Å². The van der Waals surface area contributed by atoms with Gasteiger partial charge in [-0.05, 0) is 48.5 Å². The summed E-state index contributed by atoms with van der Waals surface area (Å²) >= 11 is 0. The molecule has 1 aliphatic rings. The van der Waals surface area contributed by atoms with Crippen molar-refractivity contribution in [1.29, 1.82) is 0 Å². The molecular weight excluding hydrogens is 417 g/mol. The number of halogens is 1. The Bertz CT molecular complexity index is 1290. The number of carbonyl (C=O) groups is 1. The van der Waals surface area contributed by atoms with Crippen LogP contribution in [0.1, 0.15) is 5.56 Å². The van der Waals surface area contributed by atoms with Crippen molar-refractivity contribution in [2.24, 2.45) is 0 Å². The first-order chi connectivity index (χ1) is 16.1. The first kappa shape index (κ1) is 21.3. The number of nitrogens with one attached hydrogen (secondary N) is 2. The van der Waals surface area contributed by atoms with E-state index in [0.717, 1.165) is 49.2 Å². The molecule has 168 valence electrons. The summed E-state index contributed by atoms with van der Waals surface area (Å²) in [4.78, 5) is 23.4. The third-order valence-corrected chi connectivity index (χ3v) is 6.28. The fourth-order valence-electron chi connectivity index (χ4n) is 4.39. The fraction of sp³-hybridized carbons (Fsp3) is 0.231. The largest absolute Gasteiger partial charge is 0.346 e. The number of aromatic amines is 1. The van der Waals surface area contributed by atoms with E-state index in [1.807, 2.05) is 12.3 Å². The fourth-order valence-corrected chi connectivity index (χ4v) is 4.39. The van der Waals surface area contributed by atoms with Crippen LogP contribution in [-0.4, -0.2) is 59.4 Å². The first-order valence-corrected chi connectivity index (χ1v) is 11.1. The summed E-state index contributed by atoms with van der Waals surface area (Å²) in [6.45, 7) is 5.26. The van der Waals surface area contributed by atoms with Crippen LogP contribution >= 0.6 is 0 Å². The summed E-state index contributed by atoms with van der Waals surface area (Å²) in [6, 6.07) is 15.1. The number of piperazine rings is 1. The van der Waals surface area contributed by atoms with Crippen molar-refractivity contribution in [2.45, 2.75) is 6.54 Å². The van der Waals surface area contributed by atoms with Gasteiger partial charge in [0.25, 0.3) is 0 Å². The van der Waals surface area contributed by atoms with Crippen molar-refractivity contribution in [3.63, 3.8) is 0 Å². The van der Waals surface area contributed by atoms with Crippen molar-refractivity contribution in [2.75, 3.05) is 38.5 Å². The second-order valence-electron chi connectivity index (χ2n) is 8.56. The van der Waals surface area contributed by atoms with Crippen LogP contribution in [0.4, 0.5) is 10.1 Å². The van der Waals surface area contributed by atoms with Gasteiger partial charge in [0.1, 0.15) is 11.5 Å². The predicted octanol–water partition coefficient (Wildman–Crippen LogP) is 4.35. The minimum absolute atomic E-state index is 0.355.